The fraction of sp³-hybridized carbons (Fsp3) is 0.833. The SMILES string of the molecule is CCN(CC)CCCCCN1CCC(Nc2nc(NC3CCC(N)CC3)c3ncn(C4CCCC4)c3n2)CC1. The Morgan fingerprint density at radius 2 is 1.59 bits per heavy atom. The summed E-state index contributed by atoms with van der Waals surface area (Å²) in [5.74, 6) is 1.65. The number of imidazole rings is 1. The van der Waals surface area contributed by atoms with Crippen LogP contribution >= 0.6 is 0 Å². The fourth-order valence-electron chi connectivity index (χ4n) is 6.86. The second-order valence-corrected chi connectivity index (χ2v) is 12.3. The second kappa shape index (κ2) is 14.1. The van der Waals surface area contributed by atoms with Gasteiger partial charge in [0.2, 0.25) is 5.95 Å². The van der Waals surface area contributed by atoms with Crippen molar-refractivity contribution in [2.45, 2.75) is 121 Å². The van der Waals surface area contributed by atoms with Crippen LogP contribution in [0.2, 0.25) is 0 Å². The zero-order valence-corrected chi connectivity index (χ0v) is 24.6. The van der Waals surface area contributed by atoms with Gasteiger partial charge in [0.15, 0.2) is 17.0 Å². The van der Waals surface area contributed by atoms with Crippen LogP contribution < -0.4 is 16.4 Å². The largest absolute Gasteiger partial charge is 0.365 e. The number of anilines is 2. The Hall–Kier alpha value is -1.97. The number of hydrogen-bond donors (Lipinski definition) is 3. The predicted molar refractivity (Wildman–Crippen MR) is 161 cm³/mol. The van der Waals surface area contributed by atoms with Crippen molar-refractivity contribution in [3.63, 3.8) is 0 Å². The maximum absolute atomic E-state index is 6.17. The number of rotatable bonds is 13. The molecule has 0 unspecified atom stereocenters. The third-order valence-electron chi connectivity index (χ3n) is 9.52. The minimum absolute atomic E-state index is 0.339. The summed E-state index contributed by atoms with van der Waals surface area (Å²) >= 11 is 0. The number of hydrogen-bond acceptors (Lipinski definition) is 8. The van der Waals surface area contributed by atoms with Gasteiger partial charge in [-0.3, -0.25) is 0 Å². The molecule has 0 atom stereocenters. The van der Waals surface area contributed by atoms with Crippen LogP contribution in [0.25, 0.3) is 11.2 Å². The van der Waals surface area contributed by atoms with Crippen molar-refractivity contribution in [1.82, 2.24) is 29.3 Å². The van der Waals surface area contributed by atoms with Crippen molar-refractivity contribution in [2.24, 2.45) is 5.73 Å². The molecule has 1 saturated heterocycles. The number of aromatic nitrogens is 4. The van der Waals surface area contributed by atoms with Crippen molar-refractivity contribution >= 4 is 22.9 Å². The van der Waals surface area contributed by atoms with E-state index in [9.17, 15) is 0 Å². The highest BCUT2D eigenvalue weighted by atomic mass is 15.2. The van der Waals surface area contributed by atoms with Gasteiger partial charge in [0.1, 0.15) is 0 Å². The molecule has 2 saturated carbocycles. The average molecular weight is 540 g/mol. The molecular formula is C30H53N9. The third kappa shape index (κ3) is 7.61. The van der Waals surface area contributed by atoms with Gasteiger partial charge in [-0.15, -0.1) is 0 Å². The van der Waals surface area contributed by atoms with Gasteiger partial charge >= 0.3 is 0 Å². The quantitative estimate of drug-likeness (QED) is 0.306. The fourth-order valence-corrected chi connectivity index (χ4v) is 6.86. The van der Waals surface area contributed by atoms with Gasteiger partial charge in [-0.2, -0.15) is 9.97 Å². The lowest BCUT2D eigenvalue weighted by atomic mass is 9.92. The van der Waals surface area contributed by atoms with E-state index in [0.29, 0.717) is 24.2 Å². The number of piperidine rings is 1. The Labute approximate surface area is 235 Å². The lowest BCUT2D eigenvalue weighted by molar-refractivity contribution is 0.212. The van der Waals surface area contributed by atoms with E-state index >= 15 is 0 Å². The normalized spacial score (nSPS) is 23.7. The topological polar surface area (TPSA) is 100 Å². The van der Waals surface area contributed by atoms with Gasteiger partial charge in [0.05, 0.1) is 6.33 Å². The maximum Gasteiger partial charge on any atom is 0.227 e. The van der Waals surface area contributed by atoms with Crippen LogP contribution in [-0.2, 0) is 0 Å². The molecule has 9 heteroatoms. The van der Waals surface area contributed by atoms with E-state index in [1.54, 1.807) is 0 Å². The molecule has 3 aliphatic rings. The Morgan fingerprint density at radius 3 is 2.31 bits per heavy atom. The monoisotopic (exact) mass is 539 g/mol. The molecule has 0 amide bonds. The molecule has 2 aromatic heterocycles. The summed E-state index contributed by atoms with van der Waals surface area (Å²) in [6, 6.07) is 1.67. The van der Waals surface area contributed by atoms with Crippen molar-refractivity contribution in [1.29, 1.82) is 0 Å². The molecule has 39 heavy (non-hydrogen) atoms. The van der Waals surface area contributed by atoms with Gasteiger partial charge in [0, 0.05) is 37.3 Å². The molecule has 3 fully saturated rings. The minimum Gasteiger partial charge on any atom is -0.365 e. The van der Waals surface area contributed by atoms with Crippen molar-refractivity contribution in [3.8, 4) is 0 Å². The Kier molecular flexibility index (Phi) is 10.3. The molecule has 2 aliphatic carbocycles. The maximum atomic E-state index is 6.17. The number of nitrogens with one attached hydrogen (secondary N) is 2. The molecule has 4 N–H and O–H groups in total. The van der Waals surface area contributed by atoms with Crippen LogP contribution in [0.15, 0.2) is 6.33 Å². The average Bonchev–Trinajstić information content (AvgIpc) is 3.63. The molecule has 2 aromatic rings. The standard InChI is InChI=1S/C30H53N9/c1-3-37(4-2)18-8-5-9-19-38-20-16-25(17-21-38)34-30-35-28(33-24-14-12-23(31)13-15-24)27-29(36-30)39(22-32-27)26-10-6-7-11-26/h22-26H,3-21,31H2,1-2H3,(H2,33,34,35,36). The summed E-state index contributed by atoms with van der Waals surface area (Å²) in [5, 5.41) is 7.48. The summed E-state index contributed by atoms with van der Waals surface area (Å²) < 4.78 is 2.32. The van der Waals surface area contributed by atoms with Crippen molar-refractivity contribution in [3.05, 3.63) is 6.33 Å². The van der Waals surface area contributed by atoms with Crippen LogP contribution in [0.4, 0.5) is 11.8 Å². The number of fused-ring (bicyclic) bond motifs is 1. The van der Waals surface area contributed by atoms with E-state index in [-0.39, 0.29) is 0 Å². The Morgan fingerprint density at radius 1 is 0.872 bits per heavy atom. The summed E-state index contributed by atoms with van der Waals surface area (Å²) in [4.78, 5) is 20.1. The summed E-state index contributed by atoms with van der Waals surface area (Å²) in [6.07, 6.45) is 17.6. The molecule has 1 aliphatic heterocycles. The number of nitrogens with zero attached hydrogens (tertiary/aromatic N) is 6. The number of nitrogens with two attached hydrogens (primary N) is 1. The van der Waals surface area contributed by atoms with E-state index in [0.717, 1.165) is 74.5 Å². The lowest BCUT2D eigenvalue weighted by Crippen LogP contribution is -2.39. The van der Waals surface area contributed by atoms with Gasteiger partial charge in [-0.1, -0.05) is 33.1 Å². The van der Waals surface area contributed by atoms with Gasteiger partial charge in [-0.05, 0) is 90.4 Å². The zero-order valence-electron chi connectivity index (χ0n) is 24.6. The molecule has 218 valence electrons. The molecule has 9 nitrogen and oxygen atoms in total. The van der Waals surface area contributed by atoms with Crippen LogP contribution in [-0.4, -0.2) is 86.7 Å². The highest BCUT2D eigenvalue weighted by molar-refractivity contribution is 5.84. The molecule has 3 heterocycles. The first-order valence-corrected chi connectivity index (χ1v) is 16.1. The Bertz CT molecular complexity index is 997. The molecule has 0 spiro atoms. The van der Waals surface area contributed by atoms with E-state index in [4.69, 9.17) is 20.7 Å². The molecule has 0 radical (unpaired) electrons. The molecule has 5 rings (SSSR count). The number of likely N-dealkylation sites (tertiary alicyclic amines) is 1. The minimum atomic E-state index is 0.339. The van der Waals surface area contributed by atoms with E-state index in [1.807, 2.05) is 6.33 Å². The van der Waals surface area contributed by atoms with Gasteiger partial charge in [-0.25, -0.2) is 4.98 Å². The summed E-state index contributed by atoms with van der Waals surface area (Å²) in [5.41, 5.74) is 8.07. The highest BCUT2D eigenvalue weighted by Gasteiger charge is 2.26. The molecule has 0 bridgehead atoms. The number of unbranched alkanes of at least 4 members (excludes halogenated alkanes) is 2. The van der Waals surface area contributed by atoms with Gasteiger partial charge < -0.3 is 30.7 Å². The van der Waals surface area contributed by atoms with Crippen LogP contribution in [0.3, 0.4) is 0 Å². The second-order valence-electron chi connectivity index (χ2n) is 12.3. The van der Waals surface area contributed by atoms with Crippen LogP contribution in [0, 0.1) is 0 Å². The van der Waals surface area contributed by atoms with E-state index in [1.165, 1.54) is 71.1 Å². The third-order valence-corrected chi connectivity index (χ3v) is 9.52. The Balaban J connectivity index is 1.18. The van der Waals surface area contributed by atoms with Crippen molar-refractivity contribution < 1.29 is 0 Å². The van der Waals surface area contributed by atoms with Crippen LogP contribution in [0.1, 0.15) is 103 Å². The van der Waals surface area contributed by atoms with Gasteiger partial charge in [0.25, 0.3) is 0 Å². The molecule has 0 aromatic carbocycles. The lowest BCUT2D eigenvalue weighted by Gasteiger charge is -2.32. The van der Waals surface area contributed by atoms with E-state index in [2.05, 4.69) is 38.8 Å². The molecular weight excluding hydrogens is 486 g/mol. The first-order valence-electron chi connectivity index (χ1n) is 16.1. The first kappa shape index (κ1) is 28.6. The van der Waals surface area contributed by atoms with Crippen LogP contribution in [0.5, 0.6) is 0 Å². The smallest absolute Gasteiger partial charge is 0.227 e. The summed E-state index contributed by atoms with van der Waals surface area (Å²) in [7, 11) is 0. The summed E-state index contributed by atoms with van der Waals surface area (Å²) in [6.45, 7) is 11.7. The van der Waals surface area contributed by atoms with E-state index < -0.39 is 0 Å². The first-order chi connectivity index (χ1) is 19.1. The zero-order chi connectivity index (χ0) is 27.0. The predicted octanol–water partition coefficient (Wildman–Crippen LogP) is 5.01. The highest BCUT2D eigenvalue weighted by Crippen LogP contribution is 2.34. The van der Waals surface area contributed by atoms with Crippen molar-refractivity contribution in [2.75, 3.05) is 49.9 Å².